The summed E-state index contributed by atoms with van der Waals surface area (Å²) in [7, 11) is 0. The zero-order valence-electron chi connectivity index (χ0n) is 9.72. The van der Waals surface area contributed by atoms with Gasteiger partial charge >= 0.3 is 5.97 Å². The monoisotopic (exact) mass is 272 g/mol. The van der Waals surface area contributed by atoms with Crippen LogP contribution in [0, 0.1) is 0 Å². The number of carboxylic acids is 1. The second-order valence-electron chi connectivity index (χ2n) is 4.09. The largest absolute Gasteiger partial charge is 0.477 e. The van der Waals surface area contributed by atoms with Crippen molar-refractivity contribution in [1.82, 2.24) is 9.97 Å². The molecule has 3 rings (SSSR count). The van der Waals surface area contributed by atoms with Gasteiger partial charge in [-0.25, -0.2) is 4.79 Å². The minimum absolute atomic E-state index is 0.135. The molecule has 4 nitrogen and oxygen atoms in total. The normalized spacial score (nSPS) is 10.8. The highest BCUT2D eigenvalue weighted by atomic mass is 35.5. The van der Waals surface area contributed by atoms with Gasteiger partial charge in [-0.15, -0.1) is 0 Å². The minimum Gasteiger partial charge on any atom is -0.477 e. The van der Waals surface area contributed by atoms with E-state index in [1.54, 1.807) is 42.6 Å². The van der Waals surface area contributed by atoms with Crippen LogP contribution in [0.25, 0.3) is 22.2 Å². The van der Waals surface area contributed by atoms with Crippen LogP contribution in [0.1, 0.15) is 10.5 Å². The van der Waals surface area contributed by atoms with Crippen molar-refractivity contribution in [1.29, 1.82) is 0 Å². The molecule has 0 amide bonds. The molecule has 5 heteroatoms. The SMILES string of the molecule is O=C(O)c1[nH]c2cccnc2c1-c1ccc(Cl)cc1. The second kappa shape index (κ2) is 4.40. The van der Waals surface area contributed by atoms with Crippen molar-refractivity contribution in [2.24, 2.45) is 0 Å². The van der Waals surface area contributed by atoms with Crippen LogP contribution in [0.3, 0.4) is 0 Å². The maximum Gasteiger partial charge on any atom is 0.353 e. The molecule has 1 aromatic carbocycles. The molecular formula is C14H9ClN2O2. The molecule has 0 atom stereocenters. The molecule has 0 aliphatic carbocycles. The van der Waals surface area contributed by atoms with E-state index in [2.05, 4.69) is 9.97 Å². The van der Waals surface area contributed by atoms with Crippen LogP contribution in [0.4, 0.5) is 0 Å². The Morgan fingerprint density at radius 1 is 1.21 bits per heavy atom. The molecule has 2 aromatic heterocycles. The Bertz CT molecular complexity index is 763. The number of aromatic nitrogens is 2. The van der Waals surface area contributed by atoms with E-state index in [1.807, 2.05) is 0 Å². The second-order valence-corrected chi connectivity index (χ2v) is 4.52. The fourth-order valence-electron chi connectivity index (χ4n) is 2.08. The van der Waals surface area contributed by atoms with Crippen LogP contribution in [0.2, 0.25) is 5.02 Å². The molecular weight excluding hydrogens is 264 g/mol. The number of halogens is 1. The summed E-state index contributed by atoms with van der Waals surface area (Å²) in [4.78, 5) is 18.5. The van der Waals surface area contributed by atoms with Gasteiger partial charge in [-0.2, -0.15) is 0 Å². The first-order valence-corrected chi connectivity index (χ1v) is 6.00. The molecule has 0 fully saturated rings. The zero-order valence-corrected chi connectivity index (χ0v) is 10.5. The lowest BCUT2D eigenvalue weighted by atomic mass is 10.0. The number of aromatic carboxylic acids is 1. The molecule has 0 saturated carbocycles. The van der Waals surface area contributed by atoms with E-state index in [1.165, 1.54) is 0 Å². The first-order valence-electron chi connectivity index (χ1n) is 5.63. The molecule has 2 heterocycles. The smallest absolute Gasteiger partial charge is 0.353 e. The van der Waals surface area contributed by atoms with Gasteiger partial charge in [0.15, 0.2) is 0 Å². The molecule has 0 radical (unpaired) electrons. The fourth-order valence-corrected chi connectivity index (χ4v) is 2.20. The number of nitrogens with zero attached hydrogens (tertiary/aromatic N) is 1. The Hall–Kier alpha value is -2.33. The molecule has 0 unspecified atom stereocenters. The van der Waals surface area contributed by atoms with Gasteiger partial charge in [0.25, 0.3) is 0 Å². The summed E-state index contributed by atoms with van der Waals surface area (Å²) in [5.41, 5.74) is 2.83. The molecule has 3 aromatic rings. The van der Waals surface area contributed by atoms with Crippen LogP contribution in [0.5, 0.6) is 0 Å². The van der Waals surface area contributed by atoms with Crippen molar-refractivity contribution in [2.75, 3.05) is 0 Å². The Morgan fingerprint density at radius 2 is 1.95 bits per heavy atom. The van der Waals surface area contributed by atoms with E-state index in [0.29, 0.717) is 21.6 Å². The quantitative estimate of drug-likeness (QED) is 0.749. The Morgan fingerprint density at radius 3 is 2.63 bits per heavy atom. The fraction of sp³-hybridized carbons (Fsp3) is 0. The number of hydrogen-bond donors (Lipinski definition) is 2. The van der Waals surface area contributed by atoms with Crippen LogP contribution in [-0.2, 0) is 0 Å². The Balaban J connectivity index is 2.34. The third-order valence-electron chi connectivity index (χ3n) is 2.90. The summed E-state index contributed by atoms with van der Waals surface area (Å²) in [6.45, 7) is 0. The molecule has 2 N–H and O–H groups in total. The van der Waals surface area contributed by atoms with E-state index in [0.717, 1.165) is 5.56 Å². The highest BCUT2D eigenvalue weighted by Gasteiger charge is 2.19. The number of fused-ring (bicyclic) bond motifs is 1. The molecule has 0 aliphatic heterocycles. The average molecular weight is 273 g/mol. The molecule has 0 aliphatic rings. The van der Waals surface area contributed by atoms with Crippen LogP contribution in [-0.4, -0.2) is 21.0 Å². The average Bonchev–Trinajstić information content (AvgIpc) is 2.79. The number of nitrogens with one attached hydrogen (secondary N) is 1. The predicted octanol–water partition coefficient (Wildman–Crippen LogP) is 3.58. The van der Waals surface area contributed by atoms with E-state index in [4.69, 9.17) is 11.6 Å². The van der Waals surface area contributed by atoms with E-state index < -0.39 is 5.97 Å². The van der Waals surface area contributed by atoms with Crippen LogP contribution < -0.4 is 0 Å². The third-order valence-corrected chi connectivity index (χ3v) is 3.15. The number of hydrogen-bond acceptors (Lipinski definition) is 2. The first kappa shape index (κ1) is 11.7. The van der Waals surface area contributed by atoms with Crippen molar-refractivity contribution < 1.29 is 9.90 Å². The van der Waals surface area contributed by atoms with Crippen LogP contribution in [0.15, 0.2) is 42.6 Å². The van der Waals surface area contributed by atoms with Crippen molar-refractivity contribution >= 4 is 28.6 Å². The number of pyridine rings is 1. The van der Waals surface area contributed by atoms with E-state index in [9.17, 15) is 9.90 Å². The van der Waals surface area contributed by atoms with Gasteiger partial charge < -0.3 is 10.1 Å². The lowest BCUT2D eigenvalue weighted by Gasteiger charge is -2.01. The molecule has 0 bridgehead atoms. The van der Waals surface area contributed by atoms with Gasteiger partial charge in [0.2, 0.25) is 0 Å². The number of rotatable bonds is 2. The lowest BCUT2D eigenvalue weighted by molar-refractivity contribution is 0.0692. The van der Waals surface area contributed by atoms with Crippen molar-refractivity contribution in [3.8, 4) is 11.1 Å². The number of benzene rings is 1. The highest BCUT2D eigenvalue weighted by Crippen LogP contribution is 2.31. The Kier molecular flexibility index (Phi) is 2.72. The number of H-pyrrole nitrogens is 1. The minimum atomic E-state index is -1.01. The predicted molar refractivity (Wildman–Crippen MR) is 73.5 cm³/mol. The summed E-state index contributed by atoms with van der Waals surface area (Å²) in [5, 5.41) is 9.90. The summed E-state index contributed by atoms with van der Waals surface area (Å²) in [6.07, 6.45) is 1.64. The van der Waals surface area contributed by atoms with Gasteiger partial charge in [-0.05, 0) is 29.8 Å². The molecule has 0 spiro atoms. The molecule has 94 valence electrons. The number of carboxylic acid groups (broad SMARTS) is 1. The summed E-state index contributed by atoms with van der Waals surface area (Å²) in [5.74, 6) is -1.01. The van der Waals surface area contributed by atoms with Crippen LogP contribution >= 0.6 is 11.6 Å². The molecule has 19 heavy (non-hydrogen) atoms. The third kappa shape index (κ3) is 1.96. The van der Waals surface area contributed by atoms with E-state index >= 15 is 0 Å². The maximum absolute atomic E-state index is 11.3. The van der Waals surface area contributed by atoms with Crippen molar-refractivity contribution in [2.45, 2.75) is 0 Å². The van der Waals surface area contributed by atoms with Gasteiger partial charge in [0.1, 0.15) is 5.69 Å². The van der Waals surface area contributed by atoms with Gasteiger partial charge in [0, 0.05) is 16.8 Å². The highest BCUT2D eigenvalue weighted by molar-refractivity contribution is 6.30. The van der Waals surface area contributed by atoms with Gasteiger partial charge in [-0.1, -0.05) is 23.7 Å². The van der Waals surface area contributed by atoms with Gasteiger partial charge in [-0.3, -0.25) is 4.98 Å². The number of carbonyl (C=O) groups is 1. The van der Waals surface area contributed by atoms with Crippen molar-refractivity contribution in [3.05, 3.63) is 53.3 Å². The summed E-state index contributed by atoms with van der Waals surface area (Å²) >= 11 is 5.85. The maximum atomic E-state index is 11.3. The zero-order chi connectivity index (χ0) is 13.4. The van der Waals surface area contributed by atoms with Crippen molar-refractivity contribution in [3.63, 3.8) is 0 Å². The summed E-state index contributed by atoms with van der Waals surface area (Å²) in [6, 6.07) is 10.6. The number of aromatic amines is 1. The van der Waals surface area contributed by atoms with E-state index in [-0.39, 0.29) is 5.69 Å². The first-order chi connectivity index (χ1) is 9.16. The lowest BCUT2D eigenvalue weighted by Crippen LogP contribution is -1.98. The molecule has 0 saturated heterocycles. The Labute approximate surface area is 113 Å². The summed E-state index contributed by atoms with van der Waals surface area (Å²) < 4.78 is 0. The van der Waals surface area contributed by atoms with Gasteiger partial charge in [0.05, 0.1) is 11.0 Å². The topological polar surface area (TPSA) is 66.0 Å². The standard InChI is InChI=1S/C14H9ClN2O2/c15-9-5-3-8(4-6-9)11-12-10(2-1-7-16-12)17-13(11)14(18)19/h1-7,17H,(H,18,19).